The molecule has 1 fully saturated rings. The van der Waals surface area contributed by atoms with Crippen LogP contribution in [-0.4, -0.2) is 37.0 Å². The van der Waals surface area contributed by atoms with Gasteiger partial charge in [0.2, 0.25) is 0 Å². The van der Waals surface area contributed by atoms with Gasteiger partial charge in [-0.25, -0.2) is 0 Å². The molecule has 0 N–H and O–H groups in total. The van der Waals surface area contributed by atoms with Crippen LogP contribution in [0.1, 0.15) is 19.8 Å². The zero-order chi connectivity index (χ0) is 9.26. The number of ether oxygens (including phenoxy) is 1. The third-order valence-electron chi connectivity index (χ3n) is 2.72. The molecule has 2 rings (SSSR count). The summed E-state index contributed by atoms with van der Waals surface area (Å²) in [7, 11) is 0. The Bertz CT molecular complexity index is 252. The Morgan fingerprint density at radius 1 is 1.23 bits per heavy atom. The fourth-order valence-electron chi connectivity index (χ4n) is 2.01. The monoisotopic (exact) mass is 181 g/mol. The molecule has 0 aromatic rings. The Morgan fingerprint density at radius 3 is 2.46 bits per heavy atom. The Hall–Kier alpha value is -0.830. The molecule has 1 aliphatic carbocycles. The van der Waals surface area contributed by atoms with Gasteiger partial charge >= 0.3 is 0 Å². The highest BCUT2D eigenvalue weighted by molar-refractivity contribution is 5.98. The van der Waals surface area contributed by atoms with E-state index in [0.29, 0.717) is 12.2 Å². The molecule has 13 heavy (non-hydrogen) atoms. The summed E-state index contributed by atoms with van der Waals surface area (Å²) in [4.78, 5) is 13.7. The molecule has 2 aliphatic rings. The Balaban J connectivity index is 2.13. The number of Topliss-reactive ketones (excluding diaryl/α,β-unsaturated/α-hetero) is 1. The highest BCUT2D eigenvalue weighted by atomic mass is 16.5. The van der Waals surface area contributed by atoms with Gasteiger partial charge in [-0.1, -0.05) is 0 Å². The van der Waals surface area contributed by atoms with Gasteiger partial charge in [0, 0.05) is 19.5 Å². The maximum Gasteiger partial charge on any atom is 0.179 e. The molecule has 0 bridgehead atoms. The molecule has 72 valence electrons. The number of nitrogens with zero attached hydrogens (tertiary/aromatic N) is 1. The van der Waals surface area contributed by atoms with Gasteiger partial charge < -0.3 is 9.64 Å². The number of rotatable bonds is 1. The molecule has 0 radical (unpaired) electrons. The van der Waals surface area contributed by atoms with Gasteiger partial charge in [-0.05, 0) is 18.9 Å². The van der Waals surface area contributed by atoms with Crippen LogP contribution in [0, 0.1) is 0 Å². The molecule has 0 spiro atoms. The van der Waals surface area contributed by atoms with Crippen molar-refractivity contribution in [3.05, 3.63) is 11.3 Å². The summed E-state index contributed by atoms with van der Waals surface area (Å²) in [6.45, 7) is 5.32. The highest BCUT2D eigenvalue weighted by Crippen LogP contribution is 2.25. The molecule has 0 unspecified atom stereocenters. The van der Waals surface area contributed by atoms with E-state index >= 15 is 0 Å². The van der Waals surface area contributed by atoms with Crippen LogP contribution in [0.3, 0.4) is 0 Å². The first-order chi connectivity index (χ1) is 6.29. The average Bonchev–Trinajstić information content (AvgIpc) is 2.48. The van der Waals surface area contributed by atoms with Crippen LogP contribution in [0.2, 0.25) is 0 Å². The number of hydrogen-bond acceptors (Lipinski definition) is 3. The van der Waals surface area contributed by atoms with E-state index in [-0.39, 0.29) is 0 Å². The number of ketones is 1. The molecule has 3 heteroatoms. The largest absolute Gasteiger partial charge is 0.378 e. The number of allylic oxidation sites excluding steroid dienone is 2. The predicted octanol–water partition coefficient (Wildman–Crippen LogP) is 0.956. The summed E-state index contributed by atoms with van der Waals surface area (Å²) in [6.07, 6.45) is 1.66. The number of carbonyl (C=O) groups is 1. The second-order valence-electron chi connectivity index (χ2n) is 3.65. The second-order valence-corrected chi connectivity index (χ2v) is 3.65. The van der Waals surface area contributed by atoms with Crippen molar-refractivity contribution in [3.63, 3.8) is 0 Å². The summed E-state index contributed by atoms with van der Waals surface area (Å²) in [5.41, 5.74) is 2.23. The summed E-state index contributed by atoms with van der Waals surface area (Å²) in [6, 6.07) is 0. The second kappa shape index (κ2) is 3.50. The molecule has 0 amide bonds. The van der Waals surface area contributed by atoms with E-state index in [1.807, 2.05) is 0 Å². The van der Waals surface area contributed by atoms with Crippen molar-refractivity contribution in [3.8, 4) is 0 Å². The Morgan fingerprint density at radius 2 is 1.92 bits per heavy atom. The summed E-state index contributed by atoms with van der Waals surface area (Å²) in [5, 5.41) is 0. The lowest BCUT2D eigenvalue weighted by atomic mass is 10.2. The molecule has 3 nitrogen and oxygen atoms in total. The fourth-order valence-corrected chi connectivity index (χ4v) is 2.01. The zero-order valence-corrected chi connectivity index (χ0v) is 8.01. The first-order valence-electron chi connectivity index (χ1n) is 4.84. The van der Waals surface area contributed by atoms with Gasteiger partial charge in [0.05, 0.1) is 18.9 Å². The summed E-state index contributed by atoms with van der Waals surface area (Å²) < 4.78 is 5.25. The van der Waals surface area contributed by atoms with Crippen LogP contribution in [0.25, 0.3) is 0 Å². The summed E-state index contributed by atoms with van der Waals surface area (Å²) >= 11 is 0. The zero-order valence-electron chi connectivity index (χ0n) is 8.01. The van der Waals surface area contributed by atoms with E-state index < -0.39 is 0 Å². The van der Waals surface area contributed by atoms with Crippen molar-refractivity contribution >= 4 is 5.78 Å². The van der Waals surface area contributed by atoms with E-state index in [0.717, 1.165) is 38.4 Å². The third kappa shape index (κ3) is 1.61. The van der Waals surface area contributed by atoms with Gasteiger partial charge in [0.15, 0.2) is 5.78 Å². The average molecular weight is 181 g/mol. The lowest BCUT2D eigenvalue weighted by Crippen LogP contribution is -2.37. The first-order valence-corrected chi connectivity index (χ1v) is 4.84. The van der Waals surface area contributed by atoms with E-state index in [1.54, 1.807) is 0 Å². The standard InChI is InChI=1S/C10H15NO2/c1-8-2-3-9(12)10(8)11-4-6-13-7-5-11/h2-7H2,1H3. The SMILES string of the molecule is CC1=C(N2CCOCC2)C(=O)CC1. The quantitative estimate of drug-likeness (QED) is 0.603. The minimum Gasteiger partial charge on any atom is -0.378 e. The van der Waals surface area contributed by atoms with Gasteiger partial charge in [-0.15, -0.1) is 0 Å². The van der Waals surface area contributed by atoms with Crippen LogP contribution in [0.15, 0.2) is 11.3 Å². The normalized spacial score (nSPS) is 24.4. The van der Waals surface area contributed by atoms with E-state index in [2.05, 4.69) is 11.8 Å². The Kier molecular flexibility index (Phi) is 2.36. The molecule has 1 aliphatic heterocycles. The summed E-state index contributed by atoms with van der Waals surface area (Å²) in [5.74, 6) is 0.319. The number of carbonyl (C=O) groups excluding carboxylic acids is 1. The van der Waals surface area contributed by atoms with Crippen LogP contribution >= 0.6 is 0 Å². The highest BCUT2D eigenvalue weighted by Gasteiger charge is 2.26. The van der Waals surface area contributed by atoms with Crippen molar-refractivity contribution in [2.24, 2.45) is 0 Å². The van der Waals surface area contributed by atoms with Crippen LogP contribution in [0.4, 0.5) is 0 Å². The molecule has 0 aromatic carbocycles. The maximum absolute atomic E-state index is 11.5. The van der Waals surface area contributed by atoms with Gasteiger partial charge in [-0.2, -0.15) is 0 Å². The number of morpholine rings is 1. The van der Waals surface area contributed by atoms with Crippen LogP contribution in [0.5, 0.6) is 0 Å². The van der Waals surface area contributed by atoms with E-state index in [4.69, 9.17) is 4.74 Å². The maximum atomic E-state index is 11.5. The van der Waals surface area contributed by atoms with Crippen molar-refractivity contribution in [2.45, 2.75) is 19.8 Å². The molecular weight excluding hydrogens is 166 g/mol. The van der Waals surface area contributed by atoms with Crippen molar-refractivity contribution < 1.29 is 9.53 Å². The van der Waals surface area contributed by atoms with Crippen molar-refractivity contribution in [1.29, 1.82) is 0 Å². The first kappa shape index (κ1) is 8.75. The molecule has 0 aromatic heterocycles. The molecule has 0 saturated carbocycles. The van der Waals surface area contributed by atoms with Gasteiger partial charge in [0.1, 0.15) is 0 Å². The molecule has 0 atom stereocenters. The smallest absolute Gasteiger partial charge is 0.179 e. The van der Waals surface area contributed by atoms with Crippen molar-refractivity contribution in [1.82, 2.24) is 4.90 Å². The number of hydrogen-bond donors (Lipinski definition) is 0. The van der Waals surface area contributed by atoms with Crippen LogP contribution in [-0.2, 0) is 9.53 Å². The van der Waals surface area contributed by atoms with E-state index in [1.165, 1.54) is 5.57 Å². The van der Waals surface area contributed by atoms with Gasteiger partial charge in [-0.3, -0.25) is 4.79 Å². The molecule has 1 heterocycles. The van der Waals surface area contributed by atoms with E-state index in [9.17, 15) is 4.79 Å². The van der Waals surface area contributed by atoms with Gasteiger partial charge in [0.25, 0.3) is 0 Å². The predicted molar refractivity (Wildman–Crippen MR) is 49.3 cm³/mol. The lowest BCUT2D eigenvalue weighted by Gasteiger charge is -2.29. The Labute approximate surface area is 78.4 Å². The molecule has 1 saturated heterocycles. The van der Waals surface area contributed by atoms with Crippen molar-refractivity contribution in [2.75, 3.05) is 26.3 Å². The fraction of sp³-hybridized carbons (Fsp3) is 0.700. The minimum atomic E-state index is 0.319. The molecular formula is C10H15NO2. The minimum absolute atomic E-state index is 0.319. The third-order valence-corrected chi connectivity index (χ3v) is 2.72. The lowest BCUT2D eigenvalue weighted by molar-refractivity contribution is -0.116. The van der Waals surface area contributed by atoms with Crippen LogP contribution < -0.4 is 0 Å². The topological polar surface area (TPSA) is 29.5 Å².